The zero-order valence-corrected chi connectivity index (χ0v) is 17.0. The molecule has 0 bridgehead atoms. The van der Waals surface area contributed by atoms with Crippen LogP contribution in [0.25, 0.3) is 0 Å². The molecule has 0 amide bonds. The van der Waals surface area contributed by atoms with E-state index in [1.54, 1.807) is 33.8 Å². The van der Waals surface area contributed by atoms with Crippen LogP contribution < -0.4 is 9.47 Å². The standard InChI is InChI=1S/C19H25NO4S2/c1-14-10-12-25-19(14)16-7-5-4-6-11-20(16)26(21,22)18-13-15(23-2)8-9-17(18)24-3/h8-10,12-13,16H,4-7,11H2,1-3H3/t16-/m0/s1. The van der Waals surface area contributed by atoms with Crippen molar-refractivity contribution in [3.05, 3.63) is 40.1 Å². The van der Waals surface area contributed by atoms with Crippen molar-refractivity contribution >= 4 is 21.4 Å². The van der Waals surface area contributed by atoms with E-state index in [0.717, 1.165) is 36.1 Å². The number of ether oxygens (including phenoxy) is 2. The summed E-state index contributed by atoms with van der Waals surface area (Å²) >= 11 is 1.64. The second-order valence-electron chi connectivity index (χ2n) is 6.47. The highest BCUT2D eigenvalue weighted by Crippen LogP contribution is 2.40. The molecular formula is C19H25NO4S2. The number of aryl methyl sites for hydroxylation is 1. The van der Waals surface area contributed by atoms with Gasteiger partial charge in [-0.2, -0.15) is 4.31 Å². The van der Waals surface area contributed by atoms with Gasteiger partial charge in [0.2, 0.25) is 10.0 Å². The summed E-state index contributed by atoms with van der Waals surface area (Å²) in [5, 5.41) is 2.03. The molecule has 2 heterocycles. The minimum Gasteiger partial charge on any atom is -0.497 e. The van der Waals surface area contributed by atoms with Gasteiger partial charge < -0.3 is 9.47 Å². The van der Waals surface area contributed by atoms with Crippen LogP contribution in [0, 0.1) is 6.92 Å². The fraction of sp³-hybridized carbons (Fsp3) is 0.474. The first kappa shape index (κ1) is 19.2. The summed E-state index contributed by atoms with van der Waals surface area (Å²) < 4.78 is 39.4. The van der Waals surface area contributed by atoms with E-state index in [1.807, 2.05) is 12.3 Å². The smallest absolute Gasteiger partial charge is 0.247 e. The van der Waals surface area contributed by atoms with Crippen molar-refractivity contribution in [3.63, 3.8) is 0 Å². The molecule has 0 aliphatic carbocycles. The minimum atomic E-state index is -3.72. The van der Waals surface area contributed by atoms with E-state index in [9.17, 15) is 8.42 Å². The van der Waals surface area contributed by atoms with Crippen LogP contribution in [0.3, 0.4) is 0 Å². The number of nitrogens with zero attached hydrogens (tertiary/aromatic N) is 1. The Morgan fingerprint density at radius 1 is 1.12 bits per heavy atom. The first-order valence-corrected chi connectivity index (χ1v) is 11.1. The SMILES string of the molecule is COc1ccc(OC)c(S(=O)(=O)N2CCCCC[C@H]2c2sccc2C)c1. The molecule has 142 valence electrons. The Hall–Kier alpha value is -1.57. The van der Waals surface area contributed by atoms with Gasteiger partial charge in [0.15, 0.2) is 0 Å². The van der Waals surface area contributed by atoms with Crippen LogP contribution in [0.4, 0.5) is 0 Å². The lowest BCUT2D eigenvalue weighted by Crippen LogP contribution is -2.35. The molecule has 0 unspecified atom stereocenters. The highest BCUT2D eigenvalue weighted by molar-refractivity contribution is 7.89. The van der Waals surface area contributed by atoms with Crippen LogP contribution in [0.2, 0.25) is 0 Å². The molecule has 0 N–H and O–H groups in total. The van der Waals surface area contributed by atoms with Crippen LogP contribution in [-0.2, 0) is 10.0 Å². The highest BCUT2D eigenvalue weighted by atomic mass is 32.2. The van der Waals surface area contributed by atoms with Gasteiger partial charge in [0, 0.05) is 17.5 Å². The first-order chi connectivity index (χ1) is 12.5. The van der Waals surface area contributed by atoms with E-state index in [0.29, 0.717) is 18.0 Å². The second kappa shape index (κ2) is 7.98. The van der Waals surface area contributed by atoms with Gasteiger partial charge in [-0.3, -0.25) is 0 Å². The van der Waals surface area contributed by atoms with Crippen molar-refractivity contribution in [1.29, 1.82) is 0 Å². The Morgan fingerprint density at radius 3 is 2.58 bits per heavy atom. The lowest BCUT2D eigenvalue weighted by Gasteiger charge is -2.29. The van der Waals surface area contributed by atoms with E-state index in [4.69, 9.17) is 9.47 Å². The molecule has 0 spiro atoms. The molecule has 7 heteroatoms. The van der Waals surface area contributed by atoms with Crippen molar-refractivity contribution in [2.24, 2.45) is 0 Å². The van der Waals surface area contributed by atoms with E-state index >= 15 is 0 Å². The molecule has 1 aromatic heterocycles. The van der Waals surface area contributed by atoms with Gasteiger partial charge in [0.25, 0.3) is 0 Å². The van der Waals surface area contributed by atoms with Crippen LogP contribution in [0.5, 0.6) is 11.5 Å². The third-order valence-corrected chi connectivity index (χ3v) is 7.91. The number of sulfonamides is 1. The molecule has 5 nitrogen and oxygen atoms in total. The Morgan fingerprint density at radius 2 is 1.92 bits per heavy atom. The van der Waals surface area contributed by atoms with Crippen molar-refractivity contribution < 1.29 is 17.9 Å². The molecule has 1 aromatic carbocycles. The predicted molar refractivity (Wildman–Crippen MR) is 104 cm³/mol. The summed E-state index contributed by atoms with van der Waals surface area (Å²) in [6, 6.07) is 6.84. The quantitative estimate of drug-likeness (QED) is 0.754. The largest absolute Gasteiger partial charge is 0.497 e. The van der Waals surface area contributed by atoms with E-state index < -0.39 is 10.0 Å². The Kier molecular flexibility index (Phi) is 5.89. The number of hydrogen-bond acceptors (Lipinski definition) is 5. The van der Waals surface area contributed by atoms with Crippen molar-refractivity contribution in [3.8, 4) is 11.5 Å². The average Bonchev–Trinajstić information content (AvgIpc) is 2.92. The van der Waals surface area contributed by atoms with Crippen LogP contribution >= 0.6 is 11.3 Å². The van der Waals surface area contributed by atoms with E-state index in [1.165, 1.54) is 14.2 Å². The zero-order chi connectivity index (χ0) is 18.7. The van der Waals surface area contributed by atoms with Crippen LogP contribution in [0.1, 0.15) is 42.2 Å². The van der Waals surface area contributed by atoms with E-state index in [-0.39, 0.29) is 10.9 Å². The van der Waals surface area contributed by atoms with Gasteiger partial charge in [-0.25, -0.2) is 8.42 Å². The van der Waals surface area contributed by atoms with Crippen molar-refractivity contribution in [2.45, 2.75) is 43.5 Å². The predicted octanol–water partition coefficient (Wildman–Crippen LogP) is 4.38. The highest BCUT2D eigenvalue weighted by Gasteiger charge is 2.36. The van der Waals surface area contributed by atoms with E-state index in [2.05, 4.69) is 6.07 Å². The Balaban J connectivity index is 2.10. The summed E-state index contributed by atoms with van der Waals surface area (Å²) in [7, 11) is -0.698. The molecule has 1 fully saturated rings. The summed E-state index contributed by atoms with van der Waals surface area (Å²) in [5.41, 5.74) is 1.15. The Labute approximate surface area is 159 Å². The summed E-state index contributed by atoms with van der Waals surface area (Å²) in [4.78, 5) is 1.30. The maximum Gasteiger partial charge on any atom is 0.247 e. The molecular weight excluding hydrogens is 370 g/mol. The van der Waals surface area contributed by atoms with Crippen LogP contribution in [-0.4, -0.2) is 33.5 Å². The van der Waals surface area contributed by atoms with Gasteiger partial charge in [-0.1, -0.05) is 12.8 Å². The normalized spacial score (nSPS) is 19.1. The fourth-order valence-corrected chi connectivity index (χ4v) is 6.45. The van der Waals surface area contributed by atoms with Gasteiger partial charge in [-0.15, -0.1) is 11.3 Å². The number of benzene rings is 1. The third kappa shape index (κ3) is 3.61. The lowest BCUT2D eigenvalue weighted by atomic mass is 10.1. The third-order valence-electron chi connectivity index (χ3n) is 4.87. The Bertz CT molecular complexity index is 860. The average molecular weight is 396 g/mol. The molecule has 1 aliphatic rings. The van der Waals surface area contributed by atoms with Crippen molar-refractivity contribution in [1.82, 2.24) is 4.31 Å². The molecule has 1 saturated heterocycles. The van der Waals surface area contributed by atoms with Gasteiger partial charge in [0.1, 0.15) is 16.4 Å². The topological polar surface area (TPSA) is 55.8 Å². The van der Waals surface area contributed by atoms with Crippen molar-refractivity contribution in [2.75, 3.05) is 20.8 Å². The summed E-state index contributed by atoms with van der Waals surface area (Å²) in [6.07, 6.45) is 3.78. The molecule has 3 rings (SSSR count). The molecule has 0 radical (unpaired) electrons. The molecule has 0 saturated carbocycles. The molecule has 1 aliphatic heterocycles. The number of thiophene rings is 1. The van der Waals surface area contributed by atoms with Crippen LogP contribution in [0.15, 0.2) is 34.5 Å². The van der Waals surface area contributed by atoms with Gasteiger partial charge in [-0.05, 0) is 48.9 Å². The molecule has 1 atom stereocenters. The number of methoxy groups -OCH3 is 2. The molecule has 26 heavy (non-hydrogen) atoms. The number of rotatable bonds is 5. The second-order valence-corrected chi connectivity index (χ2v) is 9.27. The first-order valence-electron chi connectivity index (χ1n) is 8.77. The van der Waals surface area contributed by atoms with Gasteiger partial charge >= 0.3 is 0 Å². The van der Waals surface area contributed by atoms with Gasteiger partial charge in [0.05, 0.1) is 20.3 Å². The maximum absolute atomic E-state index is 13.6. The monoisotopic (exact) mass is 395 g/mol. The fourth-order valence-electron chi connectivity index (χ4n) is 3.47. The number of hydrogen-bond donors (Lipinski definition) is 0. The molecule has 2 aromatic rings. The minimum absolute atomic E-state index is 0.126. The summed E-state index contributed by atoms with van der Waals surface area (Å²) in [6.45, 7) is 2.57. The maximum atomic E-state index is 13.6. The zero-order valence-electron chi connectivity index (χ0n) is 15.4. The summed E-state index contributed by atoms with van der Waals surface area (Å²) in [5.74, 6) is 0.847. The lowest BCUT2D eigenvalue weighted by molar-refractivity contribution is 0.328.